The molecule has 5 heteroatoms. The van der Waals surface area contributed by atoms with Gasteiger partial charge in [0.05, 0.1) is 10.6 Å². The Bertz CT molecular complexity index is 537. The van der Waals surface area contributed by atoms with Gasteiger partial charge in [-0.05, 0) is 40.9 Å². The Kier molecular flexibility index (Phi) is 2.48. The van der Waals surface area contributed by atoms with E-state index in [0.717, 1.165) is 28.8 Å². The topological polar surface area (TPSA) is 38.9 Å². The average Bonchev–Trinajstić information content (AvgIpc) is 3.02. The molecule has 0 amide bonds. The second-order valence-electron chi connectivity index (χ2n) is 3.82. The lowest BCUT2D eigenvalue weighted by molar-refractivity contribution is 0.508. The summed E-state index contributed by atoms with van der Waals surface area (Å²) in [5.41, 5.74) is 0.774. The fourth-order valence-electron chi connectivity index (χ4n) is 1.51. The molecule has 1 aliphatic carbocycles. The Morgan fingerprint density at radius 1 is 1.31 bits per heavy atom. The quantitative estimate of drug-likeness (QED) is 0.840. The largest absolute Gasteiger partial charge is 0.420 e. The molecule has 0 unspecified atom stereocenters. The van der Waals surface area contributed by atoms with E-state index in [9.17, 15) is 0 Å². The second kappa shape index (κ2) is 3.86. The van der Waals surface area contributed by atoms with Crippen molar-refractivity contribution in [1.29, 1.82) is 0 Å². The standard InChI is InChI=1S/C11H8BrClN2O/c12-8-3-1-2-7(9(8)13)11-15-14-10(16-11)6-4-5-6/h1-3,6H,4-5H2. The van der Waals surface area contributed by atoms with Crippen LogP contribution >= 0.6 is 27.5 Å². The first-order valence-corrected chi connectivity index (χ1v) is 6.20. The van der Waals surface area contributed by atoms with Crippen LogP contribution in [0, 0.1) is 0 Å². The van der Waals surface area contributed by atoms with Crippen LogP contribution in [0.15, 0.2) is 27.1 Å². The summed E-state index contributed by atoms with van der Waals surface area (Å²) in [6.45, 7) is 0. The number of nitrogens with zero attached hydrogens (tertiary/aromatic N) is 2. The molecule has 1 aromatic heterocycles. The molecule has 1 fully saturated rings. The summed E-state index contributed by atoms with van der Waals surface area (Å²) in [5.74, 6) is 1.69. The molecule has 82 valence electrons. The Hall–Kier alpha value is -0.870. The Balaban J connectivity index is 2.03. The predicted octanol–water partition coefficient (Wildman–Crippen LogP) is 4.03. The minimum absolute atomic E-state index is 0.465. The molecule has 2 aromatic rings. The van der Waals surface area contributed by atoms with Crippen LogP contribution in [0.1, 0.15) is 24.7 Å². The van der Waals surface area contributed by atoms with Gasteiger partial charge in [0.25, 0.3) is 0 Å². The third kappa shape index (κ3) is 1.76. The molecule has 0 bridgehead atoms. The van der Waals surface area contributed by atoms with Crippen molar-refractivity contribution >= 4 is 27.5 Å². The zero-order chi connectivity index (χ0) is 11.1. The van der Waals surface area contributed by atoms with Crippen LogP contribution in [0.25, 0.3) is 11.5 Å². The zero-order valence-electron chi connectivity index (χ0n) is 8.28. The SMILES string of the molecule is Clc1c(Br)cccc1-c1nnc(C2CC2)o1. The molecule has 0 spiro atoms. The van der Waals surface area contributed by atoms with Crippen molar-refractivity contribution < 1.29 is 4.42 Å². The van der Waals surface area contributed by atoms with Crippen LogP contribution < -0.4 is 0 Å². The Morgan fingerprint density at radius 3 is 2.88 bits per heavy atom. The lowest BCUT2D eigenvalue weighted by Gasteiger charge is -2.00. The summed E-state index contributed by atoms with van der Waals surface area (Å²) < 4.78 is 6.43. The van der Waals surface area contributed by atoms with Gasteiger partial charge in [-0.3, -0.25) is 0 Å². The number of halogens is 2. The maximum absolute atomic E-state index is 6.16. The Labute approximate surface area is 106 Å². The summed E-state index contributed by atoms with van der Waals surface area (Å²) in [6, 6.07) is 5.65. The van der Waals surface area contributed by atoms with Crippen molar-refractivity contribution in [2.75, 3.05) is 0 Å². The van der Waals surface area contributed by atoms with E-state index < -0.39 is 0 Å². The van der Waals surface area contributed by atoms with Gasteiger partial charge in [-0.25, -0.2) is 0 Å². The van der Waals surface area contributed by atoms with Crippen molar-refractivity contribution in [3.05, 3.63) is 33.6 Å². The maximum atomic E-state index is 6.16. The predicted molar refractivity (Wildman–Crippen MR) is 64.4 cm³/mol. The van der Waals surface area contributed by atoms with E-state index in [0.29, 0.717) is 16.8 Å². The van der Waals surface area contributed by atoms with Crippen LogP contribution in [-0.2, 0) is 0 Å². The van der Waals surface area contributed by atoms with Gasteiger partial charge in [0.15, 0.2) is 0 Å². The van der Waals surface area contributed by atoms with Gasteiger partial charge in [-0.15, -0.1) is 10.2 Å². The van der Waals surface area contributed by atoms with Crippen LogP contribution in [0.4, 0.5) is 0 Å². The van der Waals surface area contributed by atoms with Gasteiger partial charge in [-0.2, -0.15) is 0 Å². The normalized spacial score (nSPS) is 15.4. The molecule has 0 N–H and O–H groups in total. The highest BCUT2D eigenvalue weighted by molar-refractivity contribution is 9.10. The number of benzene rings is 1. The van der Waals surface area contributed by atoms with Crippen molar-refractivity contribution in [2.24, 2.45) is 0 Å². The summed E-state index contributed by atoms with van der Waals surface area (Å²) in [5, 5.41) is 8.67. The maximum Gasteiger partial charge on any atom is 0.249 e. The third-order valence-electron chi connectivity index (χ3n) is 2.55. The molecule has 0 atom stereocenters. The average molecular weight is 300 g/mol. The third-order valence-corrected chi connectivity index (χ3v) is 3.85. The molecular formula is C11H8BrClN2O. The minimum atomic E-state index is 0.465. The molecule has 16 heavy (non-hydrogen) atoms. The molecule has 0 aliphatic heterocycles. The van der Waals surface area contributed by atoms with Crippen LogP contribution in [0.2, 0.25) is 5.02 Å². The Morgan fingerprint density at radius 2 is 2.12 bits per heavy atom. The fourth-order valence-corrected chi connectivity index (χ4v) is 2.08. The van der Waals surface area contributed by atoms with E-state index in [4.69, 9.17) is 16.0 Å². The fraction of sp³-hybridized carbons (Fsp3) is 0.273. The highest BCUT2D eigenvalue weighted by atomic mass is 79.9. The van der Waals surface area contributed by atoms with E-state index in [1.54, 1.807) is 0 Å². The first-order valence-electron chi connectivity index (χ1n) is 5.03. The van der Waals surface area contributed by atoms with Crippen molar-refractivity contribution in [2.45, 2.75) is 18.8 Å². The number of aromatic nitrogens is 2. The second-order valence-corrected chi connectivity index (χ2v) is 5.05. The highest BCUT2D eigenvalue weighted by Crippen LogP contribution is 2.41. The lowest BCUT2D eigenvalue weighted by Crippen LogP contribution is -1.80. The minimum Gasteiger partial charge on any atom is -0.420 e. The van der Waals surface area contributed by atoms with Crippen molar-refractivity contribution in [1.82, 2.24) is 10.2 Å². The first kappa shape index (κ1) is 10.3. The van der Waals surface area contributed by atoms with Gasteiger partial charge in [-0.1, -0.05) is 17.7 Å². The van der Waals surface area contributed by atoms with Crippen molar-refractivity contribution in [3.63, 3.8) is 0 Å². The van der Waals surface area contributed by atoms with E-state index in [1.165, 1.54) is 0 Å². The first-order chi connectivity index (χ1) is 7.75. The molecule has 1 saturated carbocycles. The smallest absolute Gasteiger partial charge is 0.249 e. The van der Waals surface area contributed by atoms with Gasteiger partial charge in [0.2, 0.25) is 11.8 Å². The number of hydrogen-bond donors (Lipinski definition) is 0. The molecule has 3 nitrogen and oxygen atoms in total. The summed E-state index contributed by atoms with van der Waals surface area (Å²) in [7, 11) is 0. The molecule has 1 aromatic carbocycles. The molecule has 1 aliphatic rings. The monoisotopic (exact) mass is 298 g/mol. The van der Waals surface area contributed by atoms with Crippen LogP contribution in [0.5, 0.6) is 0 Å². The molecule has 0 saturated heterocycles. The van der Waals surface area contributed by atoms with Crippen LogP contribution in [-0.4, -0.2) is 10.2 Å². The van der Waals surface area contributed by atoms with Crippen molar-refractivity contribution in [3.8, 4) is 11.5 Å². The summed E-state index contributed by atoms with van der Waals surface area (Å²) in [4.78, 5) is 0. The lowest BCUT2D eigenvalue weighted by atomic mass is 10.2. The molecular weight excluding hydrogens is 291 g/mol. The zero-order valence-corrected chi connectivity index (χ0v) is 10.6. The molecule has 1 heterocycles. The highest BCUT2D eigenvalue weighted by Gasteiger charge is 2.29. The van der Waals surface area contributed by atoms with Gasteiger partial charge in [0, 0.05) is 10.4 Å². The van der Waals surface area contributed by atoms with E-state index in [-0.39, 0.29) is 0 Å². The van der Waals surface area contributed by atoms with E-state index in [2.05, 4.69) is 26.1 Å². The van der Waals surface area contributed by atoms with E-state index in [1.807, 2.05) is 18.2 Å². The van der Waals surface area contributed by atoms with Gasteiger partial charge < -0.3 is 4.42 Å². The summed E-state index contributed by atoms with van der Waals surface area (Å²) >= 11 is 9.53. The van der Waals surface area contributed by atoms with E-state index >= 15 is 0 Å². The molecule has 0 radical (unpaired) electrons. The molecule has 3 rings (SSSR count). The van der Waals surface area contributed by atoms with Gasteiger partial charge in [0.1, 0.15) is 0 Å². The van der Waals surface area contributed by atoms with Gasteiger partial charge >= 0.3 is 0 Å². The number of hydrogen-bond acceptors (Lipinski definition) is 3. The number of rotatable bonds is 2. The summed E-state index contributed by atoms with van der Waals surface area (Å²) in [6.07, 6.45) is 2.29. The van der Waals surface area contributed by atoms with Crippen LogP contribution in [0.3, 0.4) is 0 Å².